The molecule has 1 aromatic heterocycles. The summed E-state index contributed by atoms with van der Waals surface area (Å²) in [4.78, 5) is 11.8. The van der Waals surface area contributed by atoms with Crippen LogP contribution in [0.3, 0.4) is 0 Å². The number of hydrogen-bond acceptors (Lipinski definition) is 4. The molecule has 1 aliphatic carbocycles. The van der Waals surface area contributed by atoms with Gasteiger partial charge in [0, 0.05) is 23.1 Å². The first-order chi connectivity index (χ1) is 10.2. The van der Waals surface area contributed by atoms with Crippen molar-refractivity contribution in [3.05, 3.63) is 61.8 Å². The summed E-state index contributed by atoms with van der Waals surface area (Å²) in [7, 11) is 0. The highest BCUT2D eigenvalue weighted by Crippen LogP contribution is 2.33. The molecule has 1 unspecified atom stereocenters. The van der Waals surface area contributed by atoms with E-state index >= 15 is 0 Å². The molecule has 3 rings (SSSR count). The number of thiophene rings is 1. The van der Waals surface area contributed by atoms with Crippen LogP contribution in [0.1, 0.15) is 34.9 Å². The van der Waals surface area contributed by atoms with Crippen molar-refractivity contribution in [2.45, 2.75) is 31.7 Å². The van der Waals surface area contributed by atoms with E-state index in [1.165, 1.54) is 29.7 Å². The van der Waals surface area contributed by atoms with Crippen LogP contribution < -0.4 is 5.32 Å². The Morgan fingerprint density at radius 3 is 2.86 bits per heavy atom. The standard InChI is InChI=1S/C16H18N2O2S/c19-18(20)13-6-4-12(5-7-13)8-10-17-15-2-1-3-16-14(15)9-11-21-16/h4-7,9,11,15,17H,1-3,8,10H2. The van der Waals surface area contributed by atoms with Crippen LogP contribution in [0.2, 0.25) is 0 Å². The van der Waals surface area contributed by atoms with E-state index in [1.54, 1.807) is 12.1 Å². The Balaban J connectivity index is 1.54. The predicted octanol–water partition coefficient (Wildman–Crippen LogP) is 3.87. The maximum Gasteiger partial charge on any atom is 0.269 e. The van der Waals surface area contributed by atoms with E-state index in [0.717, 1.165) is 18.5 Å². The van der Waals surface area contributed by atoms with Crippen molar-refractivity contribution in [2.75, 3.05) is 6.54 Å². The number of aryl methyl sites for hydroxylation is 1. The molecule has 5 heteroatoms. The molecule has 21 heavy (non-hydrogen) atoms. The number of nitrogens with zero attached hydrogens (tertiary/aromatic N) is 1. The molecule has 0 aliphatic heterocycles. The van der Waals surface area contributed by atoms with E-state index in [-0.39, 0.29) is 10.6 Å². The summed E-state index contributed by atoms with van der Waals surface area (Å²) < 4.78 is 0. The smallest absolute Gasteiger partial charge is 0.269 e. The molecule has 0 bridgehead atoms. The number of benzene rings is 1. The Labute approximate surface area is 128 Å². The molecule has 1 aliphatic rings. The van der Waals surface area contributed by atoms with Crippen LogP contribution in [0.15, 0.2) is 35.7 Å². The maximum atomic E-state index is 10.6. The SMILES string of the molecule is O=[N+]([O-])c1ccc(CCNC2CCCc3sccc32)cc1. The number of hydrogen-bond donors (Lipinski definition) is 1. The molecule has 0 radical (unpaired) electrons. The Kier molecular flexibility index (Phi) is 4.31. The summed E-state index contributed by atoms with van der Waals surface area (Å²) in [6, 6.07) is 9.55. The fraction of sp³-hybridized carbons (Fsp3) is 0.375. The quantitative estimate of drug-likeness (QED) is 0.674. The predicted molar refractivity (Wildman–Crippen MR) is 84.8 cm³/mol. The normalized spacial score (nSPS) is 17.4. The number of nitrogens with one attached hydrogen (secondary N) is 1. The first kappa shape index (κ1) is 14.2. The molecule has 0 amide bonds. The molecule has 1 atom stereocenters. The monoisotopic (exact) mass is 302 g/mol. The average molecular weight is 302 g/mol. The Hall–Kier alpha value is -1.72. The van der Waals surface area contributed by atoms with E-state index < -0.39 is 0 Å². The van der Waals surface area contributed by atoms with E-state index in [1.807, 2.05) is 23.5 Å². The third-order valence-electron chi connectivity index (χ3n) is 4.00. The van der Waals surface area contributed by atoms with E-state index in [0.29, 0.717) is 6.04 Å². The average Bonchev–Trinajstić information content (AvgIpc) is 2.97. The largest absolute Gasteiger partial charge is 0.310 e. The van der Waals surface area contributed by atoms with E-state index in [9.17, 15) is 10.1 Å². The third kappa shape index (κ3) is 3.31. The van der Waals surface area contributed by atoms with Gasteiger partial charge in [0.2, 0.25) is 0 Å². The van der Waals surface area contributed by atoms with Crippen molar-refractivity contribution < 1.29 is 4.92 Å². The van der Waals surface area contributed by atoms with Gasteiger partial charge in [0.05, 0.1) is 4.92 Å². The van der Waals surface area contributed by atoms with Gasteiger partial charge in [-0.15, -0.1) is 11.3 Å². The fourth-order valence-electron chi connectivity index (χ4n) is 2.87. The van der Waals surface area contributed by atoms with Gasteiger partial charge in [0.25, 0.3) is 5.69 Å². The third-order valence-corrected chi connectivity index (χ3v) is 5.00. The van der Waals surface area contributed by atoms with Crippen LogP contribution >= 0.6 is 11.3 Å². The topological polar surface area (TPSA) is 55.2 Å². The van der Waals surface area contributed by atoms with Crippen LogP contribution in [0.4, 0.5) is 5.69 Å². The highest BCUT2D eigenvalue weighted by molar-refractivity contribution is 7.10. The van der Waals surface area contributed by atoms with Crippen LogP contribution in [-0.4, -0.2) is 11.5 Å². The molecule has 0 saturated heterocycles. The maximum absolute atomic E-state index is 10.6. The highest BCUT2D eigenvalue weighted by Gasteiger charge is 2.20. The molecule has 2 aromatic rings. The minimum Gasteiger partial charge on any atom is -0.310 e. The first-order valence-electron chi connectivity index (χ1n) is 7.27. The van der Waals surface area contributed by atoms with Gasteiger partial charge >= 0.3 is 0 Å². The Morgan fingerprint density at radius 1 is 1.29 bits per heavy atom. The lowest BCUT2D eigenvalue weighted by Gasteiger charge is -2.23. The van der Waals surface area contributed by atoms with Crippen molar-refractivity contribution in [1.82, 2.24) is 5.32 Å². The van der Waals surface area contributed by atoms with Crippen LogP contribution in [0.5, 0.6) is 0 Å². The second-order valence-corrected chi connectivity index (χ2v) is 6.37. The summed E-state index contributed by atoms with van der Waals surface area (Å²) >= 11 is 1.86. The molecule has 110 valence electrons. The molecule has 0 fully saturated rings. The zero-order valence-electron chi connectivity index (χ0n) is 11.7. The second-order valence-electron chi connectivity index (χ2n) is 5.37. The number of fused-ring (bicyclic) bond motifs is 1. The molecule has 1 N–H and O–H groups in total. The zero-order valence-corrected chi connectivity index (χ0v) is 12.6. The van der Waals surface area contributed by atoms with E-state index in [4.69, 9.17) is 0 Å². The lowest BCUT2D eigenvalue weighted by atomic mass is 9.94. The van der Waals surface area contributed by atoms with Gasteiger partial charge in [-0.1, -0.05) is 12.1 Å². The van der Waals surface area contributed by atoms with Crippen molar-refractivity contribution in [3.63, 3.8) is 0 Å². The summed E-state index contributed by atoms with van der Waals surface area (Å²) in [6.07, 6.45) is 4.56. The van der Waals surface area contributed by atoms with Crippen LogP contribution in [0.25, 0.3) is 0 Å². The number of rotatable bonds is 5. The Morgan fingerprint density at radius 2 is 2.10 bits per heavy atom. The fourth-order valence-corrected chi connectivity index (χ4v) is 3.86. The molecule has 1 heterocycles. The van der Waals surface area contributed by atoms with Crippen molar-refractivity contribution in [1.29, 1.82) is 0 Å². The van der Waals surface area contributed by atoms with Gasteiger partial charge in [-0.3, -0.25) is 10.1 Å². The summed E-state index contributed by atoms with van der Waals surface area (Å²) in [6.45, 7) is 0.901. The highest BCUT2D eigenvalue weighted by atomic mass is 32.1. The van der Waals surface area contributed by atoms with Crippen LogP contribution in [-0.2, 0) is 12.8 Å². The van der Waals surface area contributed by atoms with Gasteiger partial charge < -0.3 is 5.32 Å². The summed E-state index contributed by atoms with van der Waals surface area (Å²) in [5, 5.41) is 16.4. The van der Waals surface area contributed by atoms with Gasteiger partial charge in [-0.25, -0.2) is 0 Å². The molecular weight excluding hydrogens is 284 g/mol. The molecule has 0 spiro atoms. The molecule has 1 aromatic carbocycles. The van der Waals surface area contributed by atoms with Crippen molar-refractivity contribution in [2.24, 2.45) is 0 Å². The minimum atomic E-state index is -0.359. The van der Waals surface area contributed by atoms with Gasteiger partial charge in [-0.05, 0) is 54.8 Å². The number of non-ortho nitro benzene ring substituents is 1. The lowest BCUT2D eigenvalue weighted by molar-refractivity contribution is -0.384. The van der Waals surface area contributed by atoms with Crippen LogP contribution in [0, 0.1) is 10.1 Å². The van der Waals surface area contributed by atoms with Gasteiger partial charge in [0.1, 0.15) is 0 Å². The van der Waals surface area contributed by atoms with E-state index in [2.05, 4.69) is 16.8 Å². The van der Waals surface area contributed by atoms with Crippen molar-refractivity contribution >= 4 is 17.0 Å². The summed E-state index contributed by atoms with van der Waals surface area (Å²) in [5.41, 5.74) is 2.76. The summed E-state index contributed by atoms with van der Waals surface area (Å²) in [5.74, 6) is 0. The van der Waals surface area contributed by atoms with Gasteiger partial charge in [0.15, 0.2) is 0 Å². The lowest BCUT2D eigenvalue weighted by Crippen LogP contribution is -2.26. The number of nitro benzene ring substituents is 1. The van der Waals surface area contributed by atoms with Crippen molar-refractivity contribution in [3.8, 4) is 0 Å². The molecular formula is C16H18N2O2S. The molecule has 4 nitrogen and oxygen atoms in total. The first-order valence-corrected chi connectivity index (χ1v) is 8.15. The van der Waals surface area contributed by atoms with Gasteiger partial charge in [-0.2, -0.15) is 0 Å². The zero-order chi connectivity index (χ0) is 14.7. The molecule has 0 saturated carbocycles. The minimum absolute atomic E-state index is 0.155. The second kappa shape index (κ2) is 6.37. The number of nitro groups is 1. The Bertz CT molecular complexity index is 621.